The monoisotopic (exact) mass is 284 g/mol. The van der Waals surface area contributed by atoms with Crippen LogP contribution in [0, 0.1) is 10.1 Å². The fourth-order valence-electron chi connectivity index (χ4n) is 2.01. The van der Waals surface area contributed by atoms with E-state index in [4.69, 9.17) is 11.6 Å². The number of aromatic nitrogens is 1. The molecule has 0 spiro atoms. The van der Waals surface area contributed by atoms with Crippen molar-refractivity contribution in [1.82, 2.24) is 15.2 Å². The Morgan fingerprint density at radius 3 is 3.00 bits per heavy atom. The molecule has 1 aromatic rings. The highest BCUT2D eigenvalue weighted by Crippen LogP contribution is 2.19. The number of carbonyl (C=O) groups excluding carboxylic acids is 1. The Hall–Kier alpha value is -1.73. The van der Waals surface area contributed by atoms with Gasteiger partial charge in [0.05, 0.1) is 10.5 Å². The summed E-state index contributed by atoms with van der Waals surface area (Å²) in [7, 11) is 1.97. The molecule has 1 fully saturated rings. The van der Waals surface area contributed by atoms with E-state index >= 15 is 0 Å². The number of nitro groups is 1. The van der Waals surface area contributed by atoms with Gasteiger partial charge in [0.25, 0.3) is 11.6 Å². The Balaban J connectivity index is 2.14. The molecular weight excluding hydrogens is 272 g/mol. The standard InChI is InChI=1S/C11H13ClN4O3/c1-15-3-2-7(6-15)14-11(17)9-4-8(16(18)19)5-13-10(9)12/h4-5,7H,2-3,6H2,1H3,(H,14,17). The van der Waals surface area contributed by atoms with Crippen LogP contribution in [0.15, 0.2) is 12.3 Å². The maximum absolute atomic E-state index is 12.0. The molecule has 8 heteroatoms. The molecule has 0 saturated carbocycles. The first-order valence-corrected chi connectivity index (χ1v) is 6.14. The second-order valence-electron chi connectivity index (χ2n) is 4.51. The Morgan fingerprint density at radius 1 is 1.68 bits per heavy atom. The van der Waals surface area contributed by atoms with Crippen molar-refractivity contribution in [2.24, 2.45) is 0 Å². The van der Waals surface area contributed by atoms with E-state index in [1.165, 1.54) is 0 Å². The molecule has 0 radical (unpaired) electrons. The van der Waals surface area contributed by atoms with Crippen LogP contribution in [0.5, 0.6) is 0 Å². The molecule has 19 heavy (non-hydrogen) atoms. The number of nitrogens with one attached hydrogen (secondary N) is 1. The normalized spacial score (nSPS) is 19.4. The number of carbonyl (C=O) groups is 1. The van der Waals surface area contributed by atoms with E-state index < -0.39 is 10.8 Å². The summed E-state index contributed by atoms with van der Waals surface area (Å²) >= 11 is 5.80. The van der Waals surface area contributed by atoms with Gasteiger partial charge in [-0.25, -0.2) is 4.98 Å². The topological polar surface area (TPSA) is 88.4 Å². The van der Waals surface area contributed by atoms with Crippen LogP contribution in [0.3, 0.4) is 0 Å². The lowest BCUT2D eigenvalue weighted by atomic mass is 10.2. The lowest BCUT2D eigenvalue weighted by Crippen LogP contribution is -2.36. The molecule has 1 atom stereocenters. The third-order valence-electron chi connectivity index (χ3n) is 3.01. The highest BCUT2D eigenvalue weighted by atomic mass is 35.5. The first kappa shape index (κ1) is 13.7. The van der Waals surface area contributed by atoms with Crippen LogP contribution in [0.1, 0.15) is 16.8 Å². The van der Waals surface area contributed by atoms with Gasteiger partial charge < -0.3 is 10.2 Å². The van der Waals surface area contributed by atoms with Crippen LogP contribution in [-0.2, 0) is 0 Å². The van der Waals surface area contributed by atoms with Gasteiger partial charge in [0.15, 0.2) is 0 Å². The zero-order valence-electron chi connectivity index (χ0n) is 10.3. The number of nitrogens with zero attached hydrogens (tertiary/aromatic N) is 3. The molecule has 7 nitrogen and oxygen atoms in total. The van der Waals surface area contributed by atoms with E-state index in [-0.39, 0.29) is 22.4 Å². The quantitative estimate of drug-likeness (QED) is 0.510. The summed E-state index contributed by atoms with van der Waals surface area (Å²) in [6.45, 7) is 1.66. The minimum Gasteiger partial charge on any atom is -0.348 e. The minimum atomic E-state index is -0.608. The maximum atomic E-state index is 12.0. The number of likely N-dealkylation sites (N-methyl/N-ethyl adjacent to an activating group) is 1. The number of amides is 1. The van der Waals surface area contributed by atoms with Crippen molar-refractivity contribution in [3.05, 3.63) is 33.1 Å². The van der Waals surface area contributed by atoms with E-state index in [1.807, 2.05) is 7.05 Å². The first-order valence-electron chi connectivity index (χ1n) is 5.76. The number of likely N-dealkylation sites (tertiary alicyclic amines) is 1. The van der Waals surface area contributed by atoms with E-state index in [2.05, 4.69) is 15.2 Å². The van der Waals surface area contributed by atoms with Crippen molar-refractivity contribution in [3.8, 4) is 0 Å². The van der Waals surface area contributed by atoms with E-state index in [1.54, 1.807) is 0 Å². The van der Waals surface area contributed by atoms with Gasteiger partial charge in [-0.2, -0.15) is 0 Å². The van der Waals surface area contributed by atoms with Crippen molar-refractivity contribution in [1.29, 1.82) is 0 Å². The Morgan fingerprint density at radius 2 is 2.42 bits per heavy atom. The summed E-state index contributed by atoms with van der Waals surface area (Å²) < 4.78 is 0. The molecular formula is C11H13ClN4O3. The van der Waals surface area contributed by atoms with Gasteiger partial charge in [-0.15, -0.1) is 0 Å². The zero-order chi connectivity index (χ0) is 14.0. The molecule has 1 aromatic heterocycles. The number of rotatable bonds is 3. The van der Waals surface area contributed by atoms with Crippen LogP contribution in [-0.4, -0.2) is 46.9 Å². The van der Waals surface area contributed by atoms with Gasteiger partial charge in [-0.3, -0.25) is 14.9 Å². The molecule has 1 amide bonds. The third-order valence-corrected chi connectivity index (χ3v) is 3.31. The average molecular weight is 285 g/mol. The minimum absolute atomic E-state index is 0.0328. The molecule has 2 heterocycles. The molecule has 2 rings (SSSR count). The van der Waals surface area contributed by atoms with Crippen LogP contribution in [0.4, 0.5) is 5.69 Å². The summed E-state index contributed by atoms with van der Waals surface area (Å²) in [5, 5.41) is 13.4. The van der Waals surface area contributed by atoms with Crippen molar-refractivity contribution in [3.63, 3.8) is 0 Å². The lowest BCUT2D eigenvalue weighted by molar-refractivity contribution is -0.385. The molecule has 0 aliphatic carbocycles. The SMILES string of the molecule is CN1CCC(NC(=O)c2cc([N+](=O)[O-])cnc2Cl)C1. The molecule has 1 aliphatic heterocycles. The Bertz CT molecular complexity index is 523. The number of hydrogen-bond donors (Lipinski definition) is 1. The predicted octanol–water partition coefficient (Wildman–Crippen LogP) is 1.08. The van der Waals surface area contributed by atoms with Gasteiger partial charge in [0.2, 0.25) is 0 Å². The summed E-state index contributed by atoms with van der Waals surface area (Å²) in [4.78, 5) is 27.8. The van der Waals surface area contributed by atoms with Crippen molar-refractivity contribution >= 4 is 23.2 Å². The fourth-order valence-corrected chi connectivity index (χ4v) is 2.20. The lowest BCUT2D eigenvalue weighted by Gasteiger charge is -2.13. The molecule has 102 valence electrons. The summed E-state index contributed by atoms with van der Waals surface area (Å²) in [6.07, 6.45) is 1.88. The summed E-state index contributed by atoms with van der Waals surface area (Å²) in [5.74, 6) is -0.429. The van der Waals surface area contributed by atoms with Crippen molar-refractivity contribution in [2.75, 3.05) is 20.1 Å². The van der Waals surface area contributed by atoms with Crippen LogP contribution in [0.25, 0.3) is 0 Å². The van der Waals surface area contributed by atoms with Crippen molar-refractivity contribution < 1.29 is 9.72 Å². The number of halogens is 1. The van der Waals surface area contributed by atoms with Gasteiger partial charge in [0.1, 0.15) is 11.3 Å². The Kier molecular flexibility index (Phi) is 3.96. The van der Waals surface area contributed by atoms with Gasteiger partial charge in [-0.05, 0) is 20.0 Å². The largest absolute Gasteiger partial charge is 0.348 e. The van der Waals surface area contributed by atoms with Crippen LogP contribution < -0.4 is 5.32 Å². The zero-order valence-corrected chi connectivity index (χ0v) is 11.1. The molecule has 1 saturated heterocycles. The highest BCUT2D eigenvalue weighted by Gasteiger charge is 2.24. The Labute approximate surface area is 114 Å². The molecule has 1 unspecified atom stereocenters. The smallest absolute Gasteiger partial charge is 0.288 e. The van der Waals surface area contributed by atoms with Crippen molar-refractivity contribution in [2.45, 2.75) is 12.5 Å². The predicted molar refractivity (Wildman–Crippen MR) is 69.3 cm³/mol. The molecule has 0 aromatic carbocycles. The van der Waals surface area contributed by atoms with Crippen LogP contribution >= 0.6 is 11.6 Å². The van der Waals surface area contributed by atoms with E-state index in [0.717, 1.165) is 31.8 Å². The van der Waals surface area contributed by atoms with E-state index in [9.17, 15) is 14.9 Å². The van der Waals surface area contributed by atoms with E-state index in [0.29, 0.717) is 0 Å². The first-order chi connectivity index (χ1) is 8.97. The second-order valence-corrected chi connectivity index (χ2v) is 4.87. The number of hydrogen-bond acceptors (Lipinski definition) is 5. The average Bonchev–Trinajstić information content (AvgIpc) is 2.74. The van der Waals surface area contributed by atoms with Gasteiger partial charge >= 0.3 is 0 Å². The molecule has 1 aliphatic rings. The van der Waals surface area contributed by atoms with Gasteiger partial charge in [0, 0.05) is 18.7 Å². The second kappa shape index (κ2) is 5.50. The summed E-state index contributed by atoms with van der Waals surface area (Å²) in [6, 6.07) is 1.18. The molecule has 0 bridgehead atoms. The highest BCUT2D eigenvalue weighted by molar-refractivity contribution is 6.32. The molecule has 1 N–H and O–H groups in total. The van der Waals surface area contributed by atoms with Crippen LogP contribution in [0.2, 0.25) is 5.15 Å². The number of pyridine rings is 1. The summed E-state index contributed by atoms with van der Waals surface area (Å²) in [5.41, 5.74) is -0.219. The maximum Gasteiger partial charge on any atom is 0.288 e. The van der Waals surface area contributed by atoms with Gasteiger partial charge in [-0.1, -0.05) is 11.6 Å². The third kappa shape index (κ3) is 3.18. The fraction of sp³-hybridized carbons (Fsp3) is 0.455.